The quantitative estimate of drug-likeness (QED) is 0.633. The molecule has 0 saturated heterocycles. The lowest BCUT2D eigenvalue weighted by Gasteiger charge is -2.17. The molecule has 19 heavy (non-hydrogen) atoms. The van der Waals surface area contributed by atoms with Crippen molar-refractivity contribution in [3.63, 3.8) is 0 Å². The van der Waals surface area contributed by atoms with Crippen LogP contribution in [0.15, 0.2) is 24.3 Å². The zero-order chi connectivity index (χ0) is 14.1. The van der Waals surface area contributed by atoms with Crippen LogP contribution in [-0.4, -0.2) is 26.1 Å². The molecule has 0 unspecified atom stereocenters. The summed E-state index contributed by atoms with van der Waals surface area (Å²) >= 11 is 0. The smallest absolute Gasteiger partial charge is 0.160 e. The van der Waals surface area contributed by atoms with Crippen molar-refractivity contribution in [3.05, 3.63) is 29.8 Å². The molecule has 0 saturated carbocycles. The molecule has 1 aromatic rings. The lowest BCUT2D eigenvalue weighted by atomic mass is 10.0. The monoisotopic (exact) mass is 266 g/mol. The van der Waals surface area contributed by atoms with E-state index in [0.29, 0.717) is 25.7 Å². The van der Waals surface area contributed by atoms with Gasteiger partial charge in [-0.05, 0) is 37.5 Å². The molecular weight excluding hydrogens is 240 g/mol. The van der Waals surface area contributed by atoms with Crippen molar-refractivity contribution in [3.8, 4) is 5.75 Å². The summed E-state index contributed by atoms with van der Waals surface area (Å²) in [5.74, 6) is 1.45. The van der Waals surface area contributed by atoms with E-state index in [2.05, 4.69) is 26.0 Å². The van der Waals surface area contributed by atoms with Crippen molar-refractivity contribution in [1.82, 2.24) is 0 Å². The summed E-state index contributed by atoms with van der Waals surface area (Å²) in [4.78, 5) is 0. The van der Waals surface area contributed by atoms with Gasteiger partial charge in [0.1, 0.15) is 5.75 Å². The number of benzene rings is 1. The van der Waals surface area contributed by atoms with Crippen molar-refractivity contribution >= 4 is 0 Å². The minimum absolute atomic E-state index is 0.162. The van der Waals surface area contributed by atoms with E-state index in [0.717, 1.165) is 12.2 Å². The third kappa shape index (κ3) is 6.08. The van der Waals surface area contributed by atoms with E-state index in [9.17, 15) is 0 Å². The molecule has 0 amide bonds. The van der Waals surface area contributed by atoms with Crippen LogP contribution in [0, 0.1) is 0 Å². The zero-order valence-corrected chi connectivity index (χ0v) is 12.5. The molecule has 0 radical (unpaired) electrons. The maximum atomic E-state index is 5.70. The van der Waals surface area contributed by atoms with Crippen molar-refractivity contribution in [2.24, 2.45) is 0 Å². The third-order valence-corrected chi connectivity index (χ3v) is 2.87. The Labute approximate surface area is 116 Å². The van der Waals surface area contributed by atoms with Crippen LogP contribution in [0.3, 0.4) is 0 Å². The maximum absolute atomic E-state index is 5.70. The molecule has 0 aromatic heterocycles. The average molecular weight is 266 g/mol. The molecule has 3 nitrogen and oxygen atoms in total. The Morgan fingerprint density at radius 2 is 1.53 bits per heavy atom. The summed E-state index contributed by atoms with van der Waals surface area (Å²) in [5, 5.41) is 0. The summed E-state index contributed by atoms with van der Waals surface area (Å²) in [5.41, 5.74) is 1.33. The second kappa shape index (κ2) is 8.94. The van der Waals surface area contributed by atoms with Gasteiger partial charge >= 0.3 is 0 Å². The van der Waals surface area contributed by atoms with Crippen molar-refractivity contribution < 1.29 is 14.2 Å². The summed E-state index contributed by atoms with van der Waals surface area (Å²) in [7, 11) is 0. The molecule has 0 N–H and O–H groups in total. The minimum atomic E-state index is -0.162. The number of hydrogen-bond acceptors (Lipinski definition) is 3. The predicted octanol–water partition coefficient (Wildman–Crippen LogP) is 3.98. The molecule has 1 rings (SSSR count). The molecule has 0 bridgehead atoms. The van der Waals surface area contributed by atoms with Crippen molar-refractivity contribution in [1.29, 1.82) is 0 Å². The molecule has 0 aliphatic heterocycles. The molecule has 0 aliphatic carbocycles. The SMILES string of the molecule is CCOC(CCOc1ccc(C(C)C)cc1)OCC. The van der Waals surface area contributed by atoms with Crippen LogP contribution in [-0.2, 0) is 9.47 Å². The normalized spacial score (nSPS) is 11.3. The van der Waals surface area contributed by atoms with Gasteiger partial charge in [-0.15, -0.1) is 0 Å². The second-order valence-corrected chi connectivity index (χ2v) is 4.70. The maximum Gasteiger partial charge on any atom is 0.160 e. The van der Waals surface area contributed by atoms with E-state index in [1.165, 1.54) is 5.56 Å². The van der Waals surface area contributed by atoms with Gasteiger partial charge in [0, 0.05) is 19.6 Å². The van der Waals surface area contributed by atoms with E-state index in [4.69, 9.17) is 14.2 Å². The molecular formula is C16H26O3. The van der Waals surface area contributed by atoms with Gasteiger partial charge in [0.25, 0.3) is 0 Å². The highest BCUT2D eigenvalue weighted by Crippen LogP contribution is 2.18. The van der Waals surface area contributed by atoms with Crippen molar-refractivity contribution in [2.75, 3.05) is 19.8 Å². The minimum Gasteiger partial charge on any atom is -0.493 e. The molecule has 0 spiro atoms. The van der Waals surface area contributed by atoms with Gasteiger partial charge in [-0.25, -0.2) is 0 Å². The van der Waals surface area contributed by atoms with Crippen LogP contribution < -0.4 is 4.74 Å². The molecule has 108 valence electrons. The first-order valence-corrected chi connectivity index (χ1v) is 7.13. The fourth-order valence-electron chi connectivity index (χ4n) is 1.81. The van der Waals surface area contributed by atoms with E-state index >= 15 is 0 Å². The van der Waals surface area contributed by atoms with Gasteiger partial charge in [0.05, 0.1) is 6.61 Å². The fraction of sp³-hybridized carbons (Fsp3) is 0.625. The average Bonchev–Trinajstić information content (AvgIpc) is 2.40. The van der Waals surface area contributed by atoms with Crippen LogP contribution in [0.1, 0.15) is 45.6 Å². The Morgan fingerprint density at radius 1 is 0.947 bits per heavy atom. The van der Waals surface area contributed by atoms with Crippen LogP contribution in [0.4, 0.5) is 0 Å². The number of ether oxygens (including phenoxy) is 3. The summed E-state index contributed by atoms with van der Waals surface area (Å²) in [6.07, 6.45) is 0.582. The van der Waals surface area contributed by atoms with Gasteiger partial charge in [0.2, 0.25) is 0 Å². The molecule has 0 heterocycles. The lowest BCUT2D eigenvalue weighted by molar-refractivity contribution is -0.142. The largest absolute Gasteiger partial charge is 0.493 e. The first kappa shape index (κ1) is 16.0. The molecule has 0 fully saturated rings. The van der Waals surface area contributed by atoms with Crippen LogP contribution in [0.5, 0.6) is 5.75 Å². The topological polar surface area (TPSA) is 27.7 Å². The van der Waals surface area contributed by atoms with Crippen LogP contribution in [0.25, 0.3) is 0 Å². The Balaban J connectivity index is 2.35. The summed E-state index contributed by atoms with van der Waals surface area (Å²) < 4.78 is 16.6. The van der Waals surface area contributed by atoms with Crippen LogP contribution in [0.2, 0.25) is 0 Å². The van der Waals surface area contributed by atoms with Gasteiger partial charge in [-0.2, -0.15) is 0 Å². The van der Waals surface area contributed by atoms with Gasteiger partial charge in [-0.3, -0.25) is 0 Å². The number of hydrogen-bond donors (Lipinski definition) is 0. The van der Waals surface area contributed by atoms with E-state index in [1.807, 2.05) is 26.0 Å². The summed E-state index contributed by atoms with van der Waals surface area (Å²) in [6, 6.07) is 8.27. The number of rotatable bonds is 9. The molecule has 0 atom stereocenters. The second-order valence-electron chi connectivity index (χ2n) is 4.70. The van der Waals surface area contributed by atoms with Gasteiger partial charge in [0.15, 0.2) is 6.29 Å². The highest BCUT2D eigenvalue weighted by Gasteiger charge is 2.08. The third-order valence-electron chi connectivity index (χ3n) is 2.87. The Bertz CT molecular complexity index is 326. The fourth-order valence-corrected chi connectivity index (χ4v) is 1.81. The predicted molar refractivity (Wildman–Crippen MR) is 77.7 cm³/mol. The zero-order valence-electron chi connectivity index (χ0n) is 12.5. The van der Waals surface area contributed by atoms with Gasteiger partial charge < -0.3 is 14.2 Å². The molecule has 3 heteroatoms. The highest BCUT2D eigenvalue weighted by molar-refractivity contribution is 5.28. The van der Waals surface area contributed by atoms with Crippen molar-refractivity contribution in [2.45, 2.75) is 46.3 Å². The van der Waals surface area contributed by atoms with E-state index in [-0.39, 0.29) is 6.29 Å². The van der Waals surface area contributed by atoms with Gasteiger partial charge in [-0.1, -0.05) is 26.0 Å². The lowest BCUT2D eigenvalue weighted by Crippen LogP contribution is -2.20. The highest BCUT2D eigenvalue weighted by atomic mass is 16.7. The molecule has 0 aliphatic rings. The van der Waals surface area contributed by atoms with E-state index < -0.39 is 0 Å². The summed E-state index contributed by atoms with van der Waals surface area (Å²) in [6.45, 7) is 10.2. The Morgan fingerprint density at radius 3 is 2.00 bits per heavy atom. The first-order valence-electron chi connectivity index (χ1n) is 7.13. The Hall–Kier alpha value is -1.06. The first-order chi connectivity index (χ1) is 9.17. The molecule has 1 aromatic carbocycles. The van der Waals surface area contributed by atoms with Crippen LogP contribution >= 0.6 is 0 Å². The standard InChI is InChI=1S/C16H26O3/c1-5-17-16(18-6-2)11-12-19-15-9-7-14(8-10-15)13(3)4/h7-10,13,16H,5-6,11-12H2,1-4H3. The van der Waals surface area contributed by atoms with E-state index in [1.54, 1.807) is 0 Å². The Kier molecular flexibility index (Phi) is 7.53.